The molecule has 2 atom stereocenters. The zero-order valence-electron chi connectivity index (χ0n) is 14.2. The van der Waals surface area contributed by atoms with Crippen LogP contribution in [0.2, 0.25) is 0 Å². The third kappa shape index (κ3) is 3.88. The summed E-state index contributed by atoms with van der Waals surface area (Å²) < 4.78 is 31.6. The monoisotopic (exact) mass is 361 g/mol. The maximum atomic E-state index is 13.7. The molecule has 1 unspecified atom stereocenters. The van der Waals surface area contributed by atoms with Crippen molar-refractivity contribution in [3.63, 3.8) is 0 Å². The molecule has 1 heterocycles. The van der Waals surface area contributed by atoms with Crippen LogP contribution in [0.4, 0.5) is 14.5 Å². The summed E-state index contributed by atoms with van der Waals surface area (Å²) in [7, 11) is 1.31. The molecule has 2 aromatic carbocycles. The van der Waals surface area contributed by atoms with Gasteiger partial charge in [0.05, 0.1) is 12.8 Å². The highest BCUT2D eigenvalue weighted by molar-refractivity contribution is 5.91. The normalized spacial score (nSPS) is 18.7. The van der Waals surface area contributed by atoms with Gasteiger partial charge >= 0.3 is 5.97 Å². The Morgan fingerprint density at radius 3 is 2.62 bits per heavy atom. The van der Waals surface area contributed by atoms with E-state index in [1.54, 1.807) is 0 Å². The fourth-order valence-electron chi connectivity index (χ4n) is 3.23. The lowest BCUT2D eigenvalue weighted by Crippen LogP contribution is -3.17. The van der Waals surface area contributed by atoms with Crippen LogP contribution < -0.4 is 10.2 Å². The van der Waals surface area contributed by atoms with E-state index in [0.717, 1.165) is 22.1 Å². The molecule has 0 bridgehead atoms. The van der Waals surface area contributed by atoms with Crippen molar-refractivity contribution < 1.29 is 28.0 Å². The molecule has 26 heavy (non-hydrogen) atoms. The van der Waals surface area contributed by atoms with Crippen molar-refractivity contribution >= 4 is 17.6 Å². The number of nitrogens with one attached hydrogen (secondary N) is 2. The summed E-state index contributed by atoms with van der Waals surface area (Å²) in [6.45, 7) is 0.445. The predicted molar refractivity (Wildman–Crippen MR) is 90.5 cm³/mol. The van der Waals surface area contributed by atoms with Crippen molar-refractivity contribution in [3.8, 4) is 0 Å². The van der Waals surface area contributed by atoms with E-state index in [2.05, 4.69) is 5.32 Å². The quantitative estimate of drug-likeness (QED) is 0.802. The molecule has 2 aromatic rings. The third-order valence-electron chi connectivity index (χ3n) is 4.53. The molecule has 1 aliphatic heterocycles. The number of quaternary nitrogens is 1. The number of anilines is 1. The van der Waals surface area contributed by atoms with E-state index in [9.17, 15) is 18.4 Å². The molecule has 2 N–H and O–H groups in total. The average Bonchev–Trinajstić information content (AvgIpc) is 2.63. The maximum Gasteiger partial charge on any atom is 0.365 e. The number of benzene rings is 2. The lowest BCUT2D eigenvalue weighted by Gasteiger charge is -2.31. The van der Waals surface area contributed by atoms with Gasteiger partial charge in [0.25, 0.3) is 5.91 Å². The Morgan fingerprint density at radius 2 is 1.92 bits per heavy atom. The predicted octanol–water partition coefficient (Wildman–Crippen LogP) is 1.09. The molecule has 0 spiro atoms. The lowest BCUT2D eigenvalue weighted by atomic mass is 9.94. The minimum atomic E-state index is -0.846. The highest BCUT2D eigenvalue weighted by Crippen LogP contribution is 2.16. The number of amides is 1. The van der Waals surface area contributed by atoms with E-state index < -0.39 is 29.6 Å². The van der Waals surface area contributed by atoms with Crippen molar-refractivity contribution in [3.05, 3.63) is 65.2 Å². The van der Waals surface area contributed by atoms with Crippen LogP contribution in [-0.2, 0) is 27.3 Å². The Hall–Kier alpha value is -2.80. The first-order valence-corrected chi connectivity index (χ1v) is 8.22. The second kappa shape index (κ2) is 7.61. The van der Waals surface area contributed by atoms with Gasteiger partial charge in [0.2, 0.25) is 0 Å². The molecule has 0 radical (unpaired) electrons. The van der Waals surface area contributed by atoms with Gasteiger partial charge in [0.15, 0.2) is 12.6 Å². The fraction of sp³-hybridized carbons (Fsp3) is 0.263. The molecule has 0 aliphatic carbocycles. The number of fused-ring (bicyclic) bond motifs is 1. The van der Waals surface area contributed by atoms with Gasteiger partial charge in [-0.05, 0) is 17.7 Å². The highest BCUT2D eigenvalue weighted by atomic mass is 19.1. The van der Waals surface area contributed by atoms with Gasteiger partial charge in [0, 0.05) is 18.1 Å². The Bertz CT molecular complexity index is 841. The molecule has 0 saturated heterocycles. The number of hydrogen-bond acceptors (Lipinski definition) is 3. The van der Waals surface area contributed by atoms with Crippen LogP contribution in [-0.4, -0.2) is 31.6 Å². The van der Waals surface area contributed by atoms with Crippen molar-refractivity contribution in [2.45, 2.75) is 19.0 Å². The average molecular weight is 361 g/mol. The van der Waals surface area contributed by atoms with E-state index in [0.29, 0.717) is 19.0 Å². The SMILES string of the molecule is COC(=O)[C@H]1Cc2ccccc2C[NH+]1CC(=O)Nc1ccc(F)cc1F. The zero-order chi connectivity index (χ0) is 18.7. The smallest absolute Gasteiger partial charge is 0.365 e. The van der Waals surface area contributed by atoms with Gasteiger partial charge in [-0.2, -0.15) is 0 Å². The number of halogens is 2. The van der Waals surface area contributed by atoms with E-state index in [4.69, 9.17) is 4.74 Å². The van der Waals surface area contributed by atoms with Crippen LogP contribution in [0.15, 0.2) is 42.5 Å². The molecule has 5 nitrogen and oxygen atoms in total. The largest absolute Gasteiger partial charge is 0.465 e. The molecule has 136 valence electrons. The van der Waals surface area contributed by atoms with Crippen LogP contribution in [0.3, 0.4) is 0 Å². The van der Waals surface area contributed by atoms with Crippen LogP contribution in [0.25, 0.3) is 0 Å². The minimum Gasteiger partial charge on any atom is -0.465 e. The third-order valence-corrected chi connectivity index (χ3v) is 4.53. The first-order valence-electron chi connectivity index (χ1n) is 8.22. The number of esters is 1. The molecule has 1 amide bonds. The summed E-state index contributed by atoms with van der Waals surface area (Å²) in [5, 5.41) is 2.43. The van der Waals surface area contributed by atoms with Gasteiger partial charge in [-0.15, -0.1) is 0 Å². The minimum absolute atomic E-state index is 0.0368. The van der Waals surface area contributed by atoms with E-state index in [1.165, 1.54) is 13.2 Å². The summed E-state index contributed by atoms with van der Waals surface area (Å²) in [5.74, 6) is -2.42. The summed E-state index contributed by atoms with van der Waals surface area (Å²) in [5.41, 5.74) is 2.02. The Balaban J connectivity index is 1.75. The second-order valence-electron chi connectivity index (χ2n) is 6.23. The highest BCUT2D eigenvalue weighted by Gasteiger charge is 2.37. The van der Waals surface area contributed by atoms with E-state index >= 15 is 0 Å². The van der Waals surface area contributed by atoms with Gasteiger partial charge in [-0.1, -0.05) is 24.3 Å². The molecule has 0 fully saturated rings. The summed E-state index contributed by atoms with van der Waals surface area (Å²) in [4.78, 5) is 25.2. The number of ether oxygens (including phenoxy) is 1. The molecular formula is C19H19F2N2O3+. The van der Waals surface area contributed by atoms with Crippen LogP contribution in [0, 0.1) is 11.6 Å². The first kappa shape index (κ1) is 18.0. The molecule has 0 aromatic heterocycles. The number of methoxy groups -OCH3 is 1. The number of hydrogen-bond donors (Lipinski definition) is 2. The van der Waals surface area contributed by atoms with Crippen molar-refractivity contribution in [2.75, 3.05) is 19.0 Å². The fourth-order valence-corrected chi connectivity index (χ4v) is 3.23. The number of rotatable bonds is 4. The summed E-state index contributed by atoms with van der Waals surface area (Å²) in [6, 6.07) is 10.2. The van der Waals surface area contributed by atoms with Gasteiger partial charge in [-0.3, -0.25) is 4.79 Å². The molecule has 1 aliphatic rings. The molecular weight excluding hydrogens is 342 g/mol. The Labute approximate surface area is 149 Å². The topological polar surface area (TPSA) is 59.8 Å². The van der Waals surface area contributed by atoms with Crippen molar-refractivity contribution in [1.82, 2.24) is 0 Å². The van der Waals surface area contributed by atoms with Crippen molar-refractivity contribution in [2.24, 2.45) is 0 Å². The van der Waals surface area contributed by atoms with Crippen LogP contribution >= 0.6 is 0 Å². The first-order chi connectivity index (χ1) is 12.5. The van der Waals surface area contributed by atoms with Crippen molar-refractivity contribution in [1.29, 1.82) is 0 Å². The standard InChI is InChI=1S/C19H18F2N2O3/c1-26-19(25)17-8-12-4-2-3-5-13(12)10-23(17)11-18(24)22-16-7-6-14(20)9-15(16)21/h2-7,9,17H,8,10-11H2,1H3,(H,22,24)/p+1/t17-/m1/s1. The van der Waals surface area contributed by atoms with E-state index in [1.807, 2.05) is 24.3 Å². The summed E-state index contributed by atoms with van der Waals surface area (Å²) >= 11 is 0. The molecule has 7 heteroatoms. The van der Waals surface area contributed by atoms with Crippen LogP contribution in [0.5, 0.6) is 0 Å². The second-order valence-corrected chi connectivity index (χ2v) is 6.23. The summed E-state index contributed by atoms with van der Waals surface area (Å²) in [6.07, 6.45) is 0.469. The zero-order valence-corrected chi connectivity index (χ0v) is 14.2. The van der Waals surface area contributed by atoms with Gasteiger partial charge < -0.3 is 15.0 Å². The lowest BCUT2D eigenvalue weighted by molar-refractivity contribution is -0.924. The Morgan fingerprint density at radius 1 is 1.19 bits per heavy atom. The van der Waals surface area contributed by atoms with Gasteiger partial charge in [-0.25, -0.2) is 13.6 Å². The Kier molecular flexibility index (Phi) is 5.27. The molecule has 0 saturated carbocycles. The van der Waals surface area contributed by atoms with Gasteiger partial charge in [0.1, 0.15) is 18.2 Å². The van der Waals surface area contributed by atoms with E-state index in [-0.39, 0.29) is 12.2 Å². The number of carbonyl (C=O) groups excluding carboxylic acids is 2. The number of carbonyl (C=O) groups is 2. The van der Waals surface area contributed by atoms with Crippen LogP contribution in [0.1, 0.15) is 11.1 Å². The molecule has 3 rings (SSSR count). The maximum absolute atomic E-state index is 13.7.